The van der Waals surface area contributed by atoms with Crippen molar-refractivity contribution in [2.75, 3.05) is 26.9 Å². The predicted molar refractivity (Wildman–Crippen MR) is 78.9 cm³/mol. The fraction of sp³-hybridized carbons (Fsp3) is 0.500. The largest absolute Gasteiger partial charge is 0.496 e. The number of carbonyl (C=O) groups is 1. The van der Waals surface area contributed by atoms with Gasteiger partial charge >= 0.3 is 6.18 Å². The van der Waals surface area contributed by atoms with Crippen molar-refractivity contribution in [3.8, 4) is 5.75 Å². The van der Waals surface area contributed by atoms with E-state index in [4.69, 9.17) is 4.74 Å². The summed E-state index contributed by atoms with van der Waals surface area (Å²) >= 11 is 3.36. The molecule has 0 aliphatic rings. The number of benzene rings is 1. The topological polar surface area (TPSA) is 47.6 Å². The van der Waals surface area contributed by atoms with E-state index in [1.165, 1.54) is 0 Å². The zero-order valence-corrected chi connectivity index (χ0v) is 13.6. The first-order valence-electron chi connectivity index (χ1n) is 6.55. The van der Waals surface area contributed by atoms with Crippen molar-refractivity contribution < 1.29 is 27.4 Å². The lowest BCUT2D eigenvalue weighted by atomic mass is 10.1. The number of alkyl halides is 3. The van der Waals surface area contributed by atoms with Crippen LogP contribution in [0.5, 0.6) is 5.75 Å². The van der Waals surface area contributed by atoms with E-state index in [2.05, 4.69) is 26.0 Å². The quantitative estimate of drug-likeness (QED) is 0.701. The molecule has 0 unspecified atom stereocenters. The van der Waals surface area contributed by atoms with Crippen LogP contribution in [0.15, 0.2) is 22.7 Å². The molecular weight excluding hydrogens is 367 g/mol. The first kappa shape index (κ1) is 18.8. The second-order valence-corrected chi connectivity index (χ2v) is 5.34. The van der Waals surface area contributed by atoms with E-state index in [0.717, 1.165) is 10.0 Å². The summed E-state index contributed by atoms with van der Waals surface area (Å²) < 4.78 is 45.7. The van der Waals surface area contributed by atoms with Crippen molar-refractivity contribution in [2.24, 2.45) is 0 Å². The van der Waals surface area contributed by atoms with Gasteiger partial charge in [0.2, 0.25) is 5.91 Å². The minimum atomic E-state index is -4.34. The summed E-state index contributed by atoms with van der Waals surface area (Å²) in [7, 11) is 1.56. The van der Waals surface area contributed by atoms with Gasteiger partial charge in [-0.3, -0.25) is 4.79 Å². The van der Waals surface area contributed by atoms with E-state index in [0.29, 0.717) is 12.2 Å². The van der Waals surface area contributed by atoms with Gasteiger partial charge in [0.25, 0.3) is 0 Å². The number of methoxy groups -OCH3 is 1. The van der Waals surface area contributed by atoms with Gasteiger partial charge in [-0.2, -0.15) is 13.2 Å². The molecule has 1 aromatic rings. The van der Waals surface area contributed by atoms with Crippen molar-refractivity contribution >= 4 is 21.8 Å². The molecule has 0 bridgehead atoms. The van der Waals surface area contributed by atoms with Crippen LogP contribution in [0, 0.1) is 0 Å². The third kappa shape index (κ3) is 7.65. The van der Waals surface area contributed by atoms with Gasteiger partial charge in [-0.15, -0.1) is 0 Å². The minimum Gasteiger partial charge on any atom is -0.496 e. The van der Waals surface area contributed by atoms with Crippen LogP contribution in [0.1, 0.15) is 12.0 Å². The van der Waals surface area contributed by atoms with Crippen LogP contribution in [-0.4, -0.2) is 39.0 Å². The lowest BCUT2D eigenvalue weighted by Gasteiger charge is -2.09. The number of nitrogens with one attached hydrogen (secondary N) is 1. The van der Waals surface area contributed by atoms with E-state index >= 15 is 0 Å². The second-order valence-electron chi connectivity index (χ2n) is 4.49. The molecule has 0 fully saturated rings. The van der Waals surface area contributed by atoms with Crippen LogP contribution in [0.2, 0.25) is 0 Å². The monoisotopic (exact) mass is 383 g/mol. The van der Waals surface area contributed by atoms with Gasteiger partial charge in [-0.05, 0) is 40.0 Å². The van der Waals surface area contributed by atoms with Crippen molar-refractivity contribution in [1.82, 2.24) is 5.32 Å². The molecule has 0 aliphatic carbocycles. The van der Waals surface area contributed by atoms with Crippen LogP contribution >= 0.6 is 15.9 Å². The number of carbonyl (C=O) groups excluding carboxylic acids is 1. The van der Waals surface area contributed by atoms with Crippen LogP contribution in [0.25, 0.3) is 0 Å². The Balaban J connectivity index is 2.22. The van der Waals surface area contributed by atoms with Crippen molar-refractivity contribution in [3.05, 3.63) is 28.2 Å². The summed E-state index contributed by atoms with van der Waals surface area (Å²) in [4.78, 5) is 11.6. The van der Waals surface area contributed by atoms with Gasteiger partial charge < -0.3 is 14.8 Å². The molecule has 0 aliphatic heterocycles. The molecule has 1 aromatic carbocycles. The summed E-state index contributed by atoms with van der Waals surface area (Å²) in [5.74, 6) is 0.470. The third-order valence-corrected chi connectivity index (χ3v) is 3.31. The Morgan fingerprint density at radius 1 is 1.36 bits per heavy atom. The van der Waals surface area contributed by atoms with E-state index in [9.17, 15) is 18.0 Å². The van der Waals surface area contributed by atoms with Gasteiger partial charge in [0.15, 0.2) is 0 Å². The molecule has 0 saturated heterocycles. The van der Waals surface area contributed by atoms with Gasteiger partial charge in [0.05, 0.1) is 18.2 Å². The highest BCUT2D eigenvalue weighted by atomic mass is 79.9. The Morgan fingerprint density at radius 3 is 2.68 bits per heavy atom. The number of amides is 1. The average molecular weight is 384 g/mol. The second kappa shape index (κ2) is 8.99. The molecule has 22 heavy (non-hydrogen) atoms. The van der Waals surface area contributed by atoms with Crippen LogP contribution in [-0.2, 0) is 16.0 Å². The van der Waals surface area contributed by atoms with E-state index in [1.807, 2.05) is 12.1 Å². The van der Waals surface area contributed by atoms with Gasteiger partial charge in [-0.25, -0.2) is 0 Å². The smallest absolute Gasteiger partial charge is 0.411 e. The number of hydrogen-bond donors (Lipinski definition) is 1. The number of ether oxygens (including phenoxy) is 2. The molecule has 0 heterocycles. The highest BCUT2D eigenvalue weighted by molar-refractivity contribution is 9.10. The molecule has 0 spiro atoms. The first-order valence-corrected chi connectivity index (χ1v) is 7.35. The van der Waals surface area contributed by atoms with E-state index < -0.39 is 12.8 Å². The standard InChI is InChI=1S/C14H17BrF3NO3/c1-21-12-4-2-10(8-11(12)15)3-5-13(20)19-6-7-22-9-14(16,17)18/h2,4,8H,3,5-7,9H2,1H3,(H,19,20). The number of aryl methyl sites for hydroxylation is 1. The zero-order chi connectivity index (χ0) is 16.6. The maximum absolute atomic E-state index is 11.8. The molecule has 1 amide bonds. The molecule has 8 heteroatoms. The zero-order valence-electron chi connectivity index (χ0n) is 12.0. The maximum atomic E-state index is 11.8. The summed E-state index contributed by atoms with van der Waals surface area (Å²) in [5.41, 5.74) is 0.955. The average Bonchev–Trinajstić information content (AvgIpc) is 2.43. The summed E-state index contributed by atoms with van der Waals surface area (Å²) in [6.45, 7) is -1.41. The highest BCUT2D eigenvalue weighted by Gasteiger charge is 2.27. The fourth-order valence-electron chi connectivity index (χ4n) is 1.66. The normalized spacial score (nSPS) is 11.3. The Bertz CT molecular complexity index is 495. The highest BCUT2D eigenvalue weighted by Crippen LogP contribution is 2.25. The molecule has 4 nitrogen and oxygen atoms in total. The van der Waals surface area contributed by atoms with E-state index in [1.54, 1.807) is 13.2 Å². The van der Waals surface area contributed by atoms with Gasteiger partial charge in [0.1, 0.15) is 12.4 Å². The molecule has 0 atom stereocenters. The lowest BCUT2D eigenvalue weighted by molar-refractivity contribution is -0.173. The first-order chi connectivity index (χ1) is 10.3. The maximum Gasteiger partial charge on any atom is 0.411 e. The summed E-state index contributed by atoms with van der Waals surface area (Å²) in [5, 5.41) is 2.51. The Kier molecular flexibility index (Phi) is 7.67. The van der Waals surface area contributed by atoms with Crippen molar-refractivity contribution in [3.63, 3.8) is 0 Å². The Morgan fingerprint density at radius 2 is 2.09 bits per heavy atom. The molecule has 124 valence electrons. The summed E-state index contributed by atoms with van der Waals surface area (Å²) in [6.07, 6.45) is -3.57. The molecular formula is C14H17BrF3NO3. The SMILES string of the molecule is COc1ccc(CCC(=O)NCCOCC(F)(F)F)cc1Br. The number of hydrogen-bond acceptors (Lipinski definition) is 3. The minimum absolute atomic E-state index is 0.0568. The van der Waals surface area contributed by atoms with Crippen molar-refractivity contribution in [1.29, 1.82) is 0 Å². The lowest BCUT2D eigenvalue weighted by Crippen LogP contribution is -2.29. The van der Waals surface area contributed by atoms with Crippen LogP contribution in [0.4, 0.5) is 13.2 Å². The van der Waals surface area contributed by atoms with Crippen LogP contribution in [0.3, 0.4) is 0 Å². The van der Waals surface area contributed by atoms with Crippen LogP contribution < -0.4 is 10.1 Å². The molecule has 0 radical (unpaired) electrons. The molecule has 1 rings (SSSR count). The van der Waals surface area contributed by atoms with Gasteiger partial charge in [0, 0.05) is 13.0 Å². The molecule has 0 saturated carbocycles. The third-order valence-electron chi connectivity index (χ3n) is 2.69. The number of halogens is 4. The molecule has 1 N–H and O–H groups in total. The van der Waals surface area contributed by atoms with Gasteiger partial charge in [-0.1, -0.05) is 6.07 Å². The number of rotatable bonds is 8. The van der Waals surface area contributed by atoms with Crippen molar-refractivity contribution in [2.45, 2.75) is 19.0 Å². The Labute approximate surface area is 135 Å². The summed E-state index contributed by atoms with van der Waals surface area (Å²) in [6, 6.07) is 5.50. The predicted octanol–water partition coefficient (Wildman–Crippen LogP) is 3.09. The fourth-order valence-corrected chi connectivity index (χ4v) is 2.25. The van der Waals surface area contributed by atoms with E-state index in [-0.39, 0.29) is 25.5 Å². The Hall–Kier alpha value is -1.28. The molecule has 0 aromatic heterocycles.